The van der Waals surface area contributed by atoms with Gasteiger partial charge in [0.05, 0.1) is 29.2 Å². The van der Waals surface area contributed by atoms with Gasteiger partial charge >= 0.3 is 12.1 Å². The van der Waals surface area contributed by atoms with Crippen LogP contribution in [0.5, 0.6) is 0 Å². The molecule has 3 nitrogen and oxygen atoms in total. The van der Waals surface area contributed by atoms with Crippen LogP contribution in [-0.4, -0.2) is 12.6 Å². The van der Waals surface area contributed by atoms with Crippen molar-refractivity contribution in [2.75, 3.05) is 6.61 Å². The van der Waals surface area contributed by atoms with Gasteiger partial charge in [0.1, 0.15) is 6.07 Å². The molecule has 102 valence electrons. The Morgan fingerprint density at radius 2 is 2.11 bits per heavy atom. The number of alkyl halides is 3. The van der Waals surface area contributed by atoms with Crippen LogP contribution in [0, 0.1) is 11.3 Å². The molecule has 0 aliphatic carbocycles. The van der Waals surface area contributed by atoms with Crippen LogP contribution in [0.1, 0.15) is 23.6 Å². The molecule has 0 heterocycles. The maximum Gasteiger partial charge on any atom is 0.416 e. The molecule has 1 aromatic rings. The van der Waals surface area contributed by atoms with Crippen molar-refractivity contribution >= 4 is 17.6 Å². The third-order valence-electron chi connectivity index (χ3n) is 2.31. The third-order valence-corrected chi connectivity index (χ3v) is 2.62. The number of nitriles is 1. The van der Waals surface area contributed by atoms with Crippen LogP contribution in [0.3, 0.4) is 0 Å². The molecule has 0 radical (unpaired) electrons. The van der Waals surface area contributed by atoms with Crippen molar-refractivity contribution in [3.05, 3.63) is 33.8 Å². The summed E-state index contributed by atoms with van der Waals surface area (Å²) in [6.07, 6.45) is -5.32. The number of ether oxygens (including phenoxy) is 1. The number of hydrogen-bond donors (Lipinski definition) is 0. The summed E-state index contributed by atoms with van der Waals surface area (Å²) >= 11 is 5.67. The number of hydrogen-bond acceptors (Lipinski definition) is 3. The van der Waals surface area contributed by atoms with Gasteiger partial charge in [-0.05, 0) is 24.6 Å². The minimum Gasteiger partial charge on any atom is -0.466 e. The first-order valence-corrected chi connectivity index (χ1v) is 5.63. The van der Waals surface area contributed by atoms with E-state index in [2.05, 4.69) is 4.74 Å². The van der Waals surface area contributed by atoms with Crippen molar-refractivity contribution < 1.29 is 22.7 Å². The molecule has 19 heavy (non-hydrogen) atoms. The lowest BCUT2D eigenvalue weighted by Crippen LogP contribution is -2.16. The van der Waals surface area contributed by atoms with Crippen molar-refractivity contribution in [1.82, 2.24) is 0 Å². The molecule has 0 aliphatic heterocycles. The highest BCUT2D eigenvalue weighted by atomic mass is 35.5. The number of carbonyl (C=O) groups is 1. The smallest absolute Gasteiger partial charge is 0.416 e. The molecule has 0 bridgehead atoms. The predicted molar refractivity (Wildman–Crippen MR) is 61.5 cm³/mol. The van der Waals surface area contributed by atoms with Gasteiger partial charge < -0.3 is 4.74 Å². The van der Waals surface area contributed by atoms with Gasteiger partial charge in [-0.2, -0.15) is 18.4 Å². The topological polar surface area (TPSA) is 50.1 Å². The molecule has 0 fully saturated rings. The molecule has 0 amide bonds. The van der Waals surface area contributed by atoms with Crippen molar-refractivity contribution in [2.45, 2.75) is 19.5 Å². The molecule has 1 rings (SSSR count). The molecule has 0 spiro atoms. The zero-order chi connectivity index (χ0) is 14.6. The Morgan fingerprint density at radius 1 is 1.47 bits per heavy atom. The fraction of sp³-hybridized carbons (Fsp3) is 0.333. The first kappa shape index (κ1) is 15.3. The Morgan fingerprint density at radius 3 is 2.58 bits per heavy atom. The van der Waals surface area contributed by atoms with Crippen LogP contribution >= 0.6 is 11.6 Å². The normalized spacial score (nSPS) is 10.9. The number of benzene rings is 1. The van der Waals surface area contributed by atoms with E-state index in [1.165, 1.54) is 6.92 Å². The first-order valence-electron chi connectivity index (χ1n) is 5.25. The minimum atomic E-state index is -4.67. The molecular weight excluding hydrogens is 283 g/mol. The molecular formula is C12H9ClF3NO2. The van der Waals surface area contributed by atoms with Crippen molar-refractivity contribution in [3.8, 4) is 6.07 Å². The molecule has 0 aliphatic rings. The summed E-state index contributed by atoms with van der Waals surface area (Å²) in [4.78, 5) is 11.3. The van der Waals surface area contributed by atoms with E-state index in [0.29, 0.717) is 0 Å². The van der Waals surface area contributed by atoms with Gasteiger partial charge in [0.15, 0.2) is 0 Å². The van der Waals surface area contributed by atoms with E-state index in [9.17, 15) is 18.0 Å². The summed E-state index contributed by atoms with van der Waals surface area (Å²) in [5, 5.41) is 8.75. The van der Waals surface area contributed by atoms with E-state index in [4.69, 9.17) is 16.9 Å². The molecule has 0 unspecified atom stereocenters. The molecule has 7 heteroatoms. The summed E-state index contributed by atoms with van der Waals surface area (Å²) in [7, 11) is 0. The van der Waals surface area contributed by atoms with Crippen LogP contribution in [0.2, 0.25) is 5.02 Å². The lowest BCUT2D eigenvalue weighted by atomic mass is 9.98. The van der Waals surface area contributed by atoms with Crippen LogP contribution in [0.25, 0.3) is 0 Å². The second kappa shape index (κ2) is 5.93. The van der Waals surface area contributed by atoms with E-state index in [-0.39, 0.29) is 17.2 Å². The molecule has 0 atom stereocenters. The van der Waals surface area contributed by atoms with E-state index in [0.717, 1.165) is 12.1 Å². The molecule has 0 saturated carbocycles. The Hall–Kier alpha value is -1.74. The lowest BCUT2D eigenvalue weighted by Gasteiger charge is -2.14. The Balaban J connectivity index is 3.35. The number of rotatable bonds is 3. The summed E-state index contributed by atoms with van der Waals surface area (Å²) < 4.78 is 43.1. The molecule has 0 aromatic heterocycles. The number of carbonyl (C=O) groups excluding carboxylic acids is 1. The van der Waals surface area contributed by atoms with E-state index >= 15 is 0 Å². The quantitative estimate of drug-likeness (QED) is 0.803. The average molecular weight is 292 g/mol. The van der Waals surface area contributed by atoms with E-state index in [1.54, 1.807) is 6.07 Å². The monoisotopic (exact) mass is 291 g/mol. The number of esters is 1. The second-order valence-electron chi connectivity index (χ2n) is 3.54. The minimum absolute atomic E-state index is 0.0443. The van der Waals surface area contributed by atoms with Gasteiger partial charge in [-0.15, -0.1) is 0 Å². The van der Waals surface area contributed by atoms with Crippen LogP contribution in [-0.2, 0) is 22.1 Å². The van der Waals surface area contributed by atoms with Crippen LogP contribution in [0.4, 0.5) is 13.2 Å². The molecule has 1 aromatic carbocycles. The van der Waals surface area contributed by atoms with Gasteiger partial charge in [0, 0.05) is 0 Å². The van der Waals surface area contributed by atoms with Gasteiger partial charge in [-0.1, -0.05) is 11.6 Å². The van der Waals surface area contributed by atoms with Crippen LogP contribution in [0.15, 0.2) is 12.1 Å². The number of nitrogens with zero attached hydrogens (tertiary/aromatic N) is 1. The summed E-state index contributed by atoms with van der Waals surface area (Å²) in [6.45, 7) is 1.58. The summed E-state index contributed by atoms with van der Waals surface area (Å²) in [5.74, 6) is -0.841. The zero-order valence-electron chi connectivity index (χ0n) is 9.84. The van der Waals surface area contributed by atoms with Crippen molar-refractivity contribution in [2.24, 2.45) is 0 Å². The fourth-order valence-electron chi connectivity index (χ4n) is 1.55. The second-order valence-corrected chi connectivity index (χ2v) is 3.95. The first-order chi connectivity index (χ1) is 8.81. The van der Waals surface area contributed by atoms with Crippen LogP contribution < -0.4 is 0 Å². The van der Waals surface area contributed by atoms with Gasteiger partial charge in [0.2, 0.25) is 0 Å². The summed E-state index contributed by atoms with van der Waals surface area (Å²) in [5.41, 5.74) is -1.87. The van der Waals surface area contributed by atoms with E-state index < -0.39 is 29.7 Å². The van der Waals surface area contributed by atoms with Crippen molar-refractivity contribution in [3.63, 3.8) is 0 Å². The highest BCUT2D eigenvalue weighted by Gasteiger charge is 2.35. The highest BCUT2D eigenvalue weighted by Crippen LogP contribution is 2.36. The van der Waals surface area contributed by atoms with Gasteiger partial charge in [-0.25, -0.2) is 0 Å². The Bertz CT molecular complexity index is 535. The average Bonchev–Trinajstić information content (AvgIpc) is 2.28. The maximum atomic E-state index is 12.8. The zero-order valence-corrected chi connectivity index (χ0v) is 10.6. The molecule has 0 N–H and O–H groups in total. The SMILES string of the molecule is CCOC(=O)Cc1c(C(F)(F)F)ccc(Cl)c1C#N. The Kier molecular flexibility index (Phi) is 4.78. The predicted octanol–water partition coefficient (Wildman–Crippen LogP) is 3.34. The standard InChI is InChI=1S/C12H9ClF3NO2/c1-2-19-11(18)5-7-8(6-17)10(13)4-3-9(7)12(14,15)16/h3-4H,2,5H2,1H3. The fourth-order valence-corrected chi connectivity index (χ4v) is 1.76. The van der Waals surface area contributed by atoms with Gasteiger partial charge in [0.25, 0.3) is 0 Å². The van der Waals surface area contributed by atoms with Gasteiger partial charge in [-0.3, -0.25) is 4.79 Å². The molecule has 0 saturated heterocycles. The highest BCUT2D eigenvalue weighted by molar-refractivity contribution is 6.31. The maximum absolute atomic E-state index is 12.8. The largest absolute Gasteiger partial charge is 0.466 e. The third kappa shape index (κ3) is 3.61. The number of halogens is 4. The Labute approximate surface area is 112 Å². The lowest BCUT2D eigenvalue weighted by molar-refractivity contribution is -0.143. The summed E-state index contributed by atoms with van der Waals surface area (Å²) in [6, 6.07) is 3.32. The van der Waals surface area contributed by atoms with Crippen molar-refractivity contribution in [1.29, 1.82) is 5.26 Å². The van der Waals surface area contributed by atoms with E-state index in [1.807, 2.05) is 0 Å².